The second-order valence-corrected chi connectivity index (χ2v) is 4.82. The topological polar surface area (TPSA) is 40.5 Å². The molecule has 1 fully saturated rings. The van der Waals surface area contributed by atoms with E-state index in [1.54, 1.807) is 0 Å². The summed E-state index contributed by atoms with van der Waals surface area (Å²) < 4.78 is 0. The van der Waals surface area contributed by atoms with Crippen molar-refractivity contribution < 1.29 is 9.90 Å². The van der Waals surface area contributed by atoms with Gasteiger partial charge in [0.2, 0.25) is 0 Å². The van der Waals surface area contributed by atoms with Gasteiger partial charge in [-0.25, -0.2) is 0 Å². The molecule has 0 bridgehead atoms. The fraction of sp³-hybridized carbons (Fsp3) is 0.500. The number of nitrogens with zero attached hydrogens (tertiary/aromatic N) is 1. The fourth-order valence-electron chi connectivity index (χ4n) is 2.37. The quantitative estimate of drug-likeness (QED) is 0.870. The highest BCUT2D eigenvalue weighted by Crippen LogP contribution is 2.20. The first kappa shape index (κ1) is 12.1. The maximum atomic E-state index is 10.9. The zero-order valence-corrected chi connectivity index (χ0v) is 10.2. The molecule has 1 N–H and O–H groups in total. The molecular formula is C14H19NO2. The van der Waals surface area contributed by atoms with Crippen molar-refractivity contribution in [3.8, 4) is 0 Å². The monoisotopic (exact) mass is 233 g/mol. The summed E-state index contributed by atoms with van der Waals surface area (Å²) in [6.45, 7) is 4.86. The Balaban J connectivity index is 1.90. The molecule has 92 valence electrons. The van der Waals surface area contributed by atoms with Crippen LogP contribution in [-0.4, -0.2) is 29.1 Å². The van der Waals surface area contributed by atoms with Gasteiger partial charge in [0.05, 0.1) is 5.92 Å². The Kier molecular flexibility index (Phi) is 3.79. The Hall–Kier alpha value is -1.35. The van der Waals surface area contributed by atoms with E-state index in [4.69, 9.17) is 5.11 Å². The van der Waals surface area contributed by atoms with Crippen molar-refractivity contribution in [2.75, 3.05) is 13.1 Å². The minimum Gasteiger partial charge on any atom is -0.481 e. The number of aryl methyl sites for hydroxylation is 1. The number of hydrogen-bond donors (Lipinski definition) is 1. The van der Waals surface area contributed by atoms with E-state index in [0.717, 1.165) is 32.5 Å². The van der Waals surface area contributed by atoms with E-state index in [0.29, 0.717) is 0 Å². The normalized spacial score (nSPS) is 18.2. The van der Waals surface area contributed by atoms with Crippen molar-refractivity contribution >= 4 is 5.97 Å². The van der Waals surface area contributed by atoms with Crippen LogP contribution >= 0.6 is 0 Å². The molecule has 0 unspecified atom stereocenters. The first-order chi connectivity index (χ1) is 8.16. The molecule has 3 nitrogen and oxygen atoms in total. The summed E-state index contributed by atoms with van der Waals surface area (Å²) in [7, 11) is 0. The van der Waals surface area contributed by atoms with Crippen molar-refractivity contribution in [3.63, 3.8) is 0 Å². The Bertz CT molecular complexity index is 395. The number of benzene rings is 1. The Morgan fingerprint density at radius 1 is 1.35 bits per heavy atom. The molecule has 0 spiro atoms. The lowest BCUT2D eigenvalue weighted by molar-refractivity contribution is -0.143. The van der Waals surface area contributed by atoms with Crippen LogP contribution in [-0.2, 0) is 11.3 Å². The van der Waals surface area contributed by atoms with Crippen molar-refractivity contribution in [3.05, 3.63) is 35.4 Å². The molecule has 0 aliphatic carbocycles. The van der Waals surface area contributed by atoms with Crippen molar-refractivity contribution in [2.24, 2.45) is 5.92 Å². The Morgan fingerprint density at radius 2 is 2.00 bits per heavy atom. The van der Waals surface area contributed by atoms with Crippen LogP contribution in [0, 0.1) is 12.8 Å². The van der Waals surface area contributed by atoms with Gasteiger partial charge in [-0.1, -0.05) is 24.3 Å². The van der Waals surface area contributed by atoms with Crippen LogP contribution in [0.3, 0.4) is 0 Å². The van der Waals surface area contributed by atoms with E-state index in [2.05, 4.69) is 36.1 Å². The van der Waals surface area contributed by atoms with Crippen LogP contribution in [0.15, 0.2) is 24.3 Å². The molecular weight excluding hydrogens is 214 g/mol. The smallest absolute Gasteiger partial charge is 0.306 e. The number of carboxylic acid groups (broad SMARTS) is 1. The predicted molar refractivity (Wildman–Crippen MR) is 66.8 cm³/mol. The molecule has 17 heavy (non-hydrogen) atoms. The third kappa shape index (κ3) is 3.07. The van der Waals surface area contributed by atoms with Gasteiger partial charge >= 0.3 is 5.97 Å². The van der Waals surface area contributed by atoms with Crippen LogP contribution in [0.5, 0.6) is 0 Å². The second-order valence-electron chi connectivity index (χ2n) is 4.82. The van der Waals surface area contributed by atoms with Gasteiger partial charge in [0.1, 0.15) is 0 Å². The number of carbonyl (C=O) groups is 1. The van der Waals surface area contributed by atoms with E-state index in [1.807, 2.05) is 0 Å². The fourth-order valence-corrected chi connectivity index (χ4v) is 2.37. The molecule has 0 amide bonds. The summed E-state index contributed by atoms with van der Waals surface area (Å²) in [5, 5.41) is 8.94. The van der Waals surface area contributed by atoms with E-state index in [-0.39, 0.29) is 5.92 Å². The lowest BCUT2D eigenvalue weighted by Gasteiger charge is -2.30. The number of aliphatic carboxylic acids is 1. The molecule has 1 aromatic rings. The average molecular weight is 233 g/mol. The van der Waals surface area contributed by atoms with Gasteiger partial charge in [-0.3, -0.25) is 9.69 Å². The van der Waals surface area contributed by atoms with Gasteiger partial charge in [-0.2, -0.15) is 0 Å². The highest BCUT2D eigenvalue weighted by Gasteiger charge is 2.24. The van der Waals surface area contributed by atoms with Crippen LogP contribution < -0.4 is 0 Å². The summed E-state index contributed by atoms with van der Waals surface area (Å²) in [6.07, 6.45) is 1.56. The number of hydrogen-bond acceptors (Lipinski definition) is 2. The molecule has 0 radical (unpaired) electrons. The molecule has 1 aliphatic heterocycles. The van der Waals surface area contributed by atoms with Gasteiger partial charge in [0, 0.05) is 6.54 Å². The van der Waals surface area contributed by atoms with E-state index in [9.17, 15) is 4.79 Å². The molecule has 0 aromatic heterocycles. The van der Waals surface area contributed by atoms with Crippen molar-refractivity contribution in [1.29, 1.82) is 0 Å². The maximum Gasteiger partial charge on any atom is 0.306 e. The highest BCUT2D eigenvalue weighted by atomic mass is 16.4. The first-order valence-corrected chi connectivity index (χ1v) is 6.16. The van der Waals surface area contributed by atoms with E-state index < -0.39 is 5.97 Å². The lowest BCUT2D eigenvalue weighted by atomic mass is 9.96. The third-order valence-electron chi connectivity index (χ3n) is 3.59. The first-order valence-electron chi connectivity index (χ1n) is 6.16. The highest BCUT2D eigenvalue weighted by molar-refractivity contribution is 5.70. The zero-order valence-electron chi connectivity index (χ0n) is 10.2. The number of piperidine rings is 1. The molecule has 0 atom stereocenters. The van der Waals surface area contributed by atoms with Gasteiger partial charge in [0.25, 0.3) is 0 Å². The molecule has 2 rings (SSSR count). The molecule has 1 aliphatic rings. The molecule has 1 aromatic carbocycles. The lowest BCUT2D eigenvalue weighted by Crippen LogP contribution is -2.35. The Morgan fingerprint density at radius 3 is 2.59 bits per heavy atom. The van der Waals surface area contributed by atoms with Crippen LogP contribution in [0.2, 0.25) is 0 Å². The summed E-state index contributed by atoms with van der Waals surface area (Å²) in [5.74, 6) is -0.774. The minimum absolute atomic E-state index is 0.136. The number of likely N-dealkylation sites (tertiary alicyclic amines) is 1. The van der Waals surface area contributed by atoms with E-state index in [1.165, 1.54) is 11.1 Å². The molecule has 1 heterocycles. The van der Waals surface area contributed by atoms with Gasteiger partial charge < -0.3 is 5.11 Å². The van der Waals surface area contributed by atoms with Gasteiger partial charge in [-0.15, -0.1) is 0 Å². The number of rotatable bonds is 3. The van der Waals surface area contributed by atoms with Crippen molar-refractivity contribution in [2.45, 2.75) is 26.3 Å². The molecule has 3 heteroatoms. The summed E-state index contributed by atoms with van der Waals surface area (Å²) in [4.78, 5) is 13.2. The molecule has 0 saturated carbocycles. The largest absolute Gasteiger partial charge is 0.481 e. The molecule has 1 saturated heterocycles. The van der Waals surface area contributed by atoms with E-state index >= 15 is 0 Å². The van der Waals surface area contributed by atoms with Crippen LogP contribution in [0.4, 0.5) is 0 Å². The van der Waals surface area contributed by atoms with Crippen LogP contribution in [0.1, 0.15) is 24.0 Å². The summed E-state index contributed by atoms with van der Waals surface area (Å²) in [6, 6.07) is 8.39. The second kappa shape index (κ2) is 5.32. The summed E-state index contributed by atoms with van der Waals surface area (Å²) in [5.41, 5.74) is 2.66. The van der Waals surface area contributed by atoms with Crippen LogP contribution in [0.25, 0.3) is 0 Å². The van der Waals surface area contributed by atoms with Gasteiger partial charge in [-0.05, 0) is 44.0 Å². The third-order valence-corrected chi connectivity index (χ3v) is 3.59. The SMILES string of the molecule is Cc1ccccc1CN1CCC(C(=O)O)CC1. The average Bonchev–Trinajstić information content (AvgIpc) is 2.33. The number of carboxylic acids is 1. The zero-order chi connectivity index (χ0) is 12.3. The summed E-state index contributed by atoms with van der Waals surface area (Å²) >= 11 is 0. The standard InChI is InChI=1S/C14H19NO2/c1-11-4-2-3-5-13(11)10-15-8-6-12(7-9-15)14(16)17/h2-5,12H,6-10H2,1H3,(H,16,17). The predicted octanol–water partition coefficient (Wildman–Crippen LogP) is 2.29. The van der Waals surface area contributed by atoms with Crippen molar-refractivity contribution in [1.82, 2.24) is 4.90 Å². The maximum absolute atomic E-state index is 10.9. The Labute approximate surface area is 102 Å². The van der Waals surface area contributed by atoms with Gasteiger partial charge in [0.15, 0.2) is 0 Å². The minimum atomic E-state index is -0.638.